The Balaban J connectivity index is 0.000000810. The minimum absolute atomic E-state index is 0. The van der Waals surface area contributed by atoms with E-state index < -0.39 is 5.97 Å². The van der Waals surface area contributed by atoms with Crippen LogP contribution in [0, 0.1) is 0 Å². The molecule has 0 spiro atoms. The maximum Gasteiger partial charge on any atom is 1.00 e. The second kappa shape index (κ2) is 4.38. The van der Waals surface area contributed by atoms with Crippen LogP contribution in [0.5, 0.6) is 0 Å². The Morgan fingerprint density at radius 2 is 2.20 bits per heavy atom. The van der Waals surface area contributed by atoms with E-state index in [1.54, 1.807) is 0 Å². The van der Waals surface area contributed by atoms with Gasteiger partial charge < -0.3 is 9.90 Å². The van der Waals surface area contributed by atoms with Crippen molar-refractivity contribution in [1.82, 2.24) is 9.97 Å². The Morgan fingerprint density at radius 1 is 1.50 bits per heavy atom. The predicted molar refractivity (Wildman–Crippen MR) is 26.4 cm³/mol. The summed E-state index contributed by atoms with van der Waals surface area (Å²) in [5, 5.41) is 9.99. The maximum absolute atomic E-state index is 9.99. The van der Waals surface area contributed by atoms with Crippen molar-refractivity contribution < 1.29 is 39.5 Å². The molecule has 0 saturated carbocycles. The van der Waals surface area contributed by atoms with Crippen molar-refractivity contribution in [2.75, 3.05) is 0 Å². The van der Waals surface area contributed by atoms with Crippen molar-refractivity contribution in [1.29, 1.82) is 0 Å². The Morgan fingerprint density at radius 3 is 2.50 bits per heavy atom. The standard InChI is InChI=1S/C5H4N2O2.Na/c8-5(9)4-3-6-1-2-7-4;/h1-3H,(H,8,9);/q;+1/p-1. The number of nitrogens with zero attached hydrogens (tertiary/aromatic N) is 2. The summed E-state index contributed by atoms with van der Waals surface area (Å²) in [6.07, 6.45) is 3.83. The molecule has 0 saturated heterocycles. The minimum atomic E-state index is -1.30. The Kier molecular flexibility index (Phi) is 4.18. The van der Waals surface area contributed by atoms with Crippen molar-refractivity contribution in [2.24, 2.45) is 0 Å². The minimum Gasteiger partial charge on any atom is -0.543 e. The number of hydrogen-bond donors (Lipinski definition) is 0. The molecule has 0 amide bonds. The zero-order valence-corrected chi connectivity index (χ0v) is 7.44. The summed E-state index contributed by atoms with van der Waals surface area (Å²) in [7, 11) is 0. The number of carbonyl (C=O) groups excluding carboxylic acids is 1. The summed E-state index contributed by atoms with van der Waals surface area (Å²) in [5.41, 5.74) is -0.141. The summed E-state index contributed by atoms with van der Waals surface area (Å²) in [6, 6.07) is 0. The van der Waals surface area contributed by atoms with E-state index in [1.165, 1.54) is 12.4 Å². The van der Waals surface area contributed by atoms with Crippen LogP contribution in [0.1, 0.15) is 10.5 Å². The van der Waals surface area contributed by atoms with Crippen molar-refractivity contribution in [2.45, 2.75) is 0 Å². The van der Waals surface area contributed by atoms with Gasteiger partial charge in [-0.25, -0.2) is 0 Å². The Labute approximate surface area is 79.6 Å². The number of hydrogen-bond acceptors (Lipinski definition) is 4. The number of aromatic carboxylic acids is 1. The average Bonchev–Trinajstić information content (AvgIpc) is 1.90. The van der Waals surface area contributed by atoms with Gasteiger partial charge in [0, 0.05) is 12.4 Å². The third-order valence-corrected chi connectivity index (χ3v) is 0.772. The van der Waals surface area contributed by atoms with Gasteiger partial charge in [0.25, 0.3) is 0 Å². The van der Waals surface area contributed by atoms with Crippen LogP contribution in [-0.4, -0.2) is 15.9 Å². The van der Waals surface area contributed by atoms with Gasteiger partial charge in [0.2, 0.25) is 0 Å². The molecule has 1 aromatic heterocycles. The molecule has 1 rings (SSSR count). The summed E-state index contributed by atoms with van der Waals surface area (Å²) < 4.78 is 0. The molecule has 5 heteroatoms. The van der Waals surface area contributed by atoms with Gasteiger partial charge in [-0.1, -0.05) is 0 Å². The first kappa shape index (κ1) is 9.55. The first-order chi connectivity index (χ1) is 4.30. The summed E-state index contributed by atoms with van der Waals surface area (Å²) in [4.78, 5) is 17.0. The van der Waals surface area contributed by atoms with E-state index >= 15 is 0 Å². The quantitative estimate of drug-likeness (QED) is 0.377. The summed E-state index contributed by atoms with van der Waals surface area (Å²) in [6.45, 7) is 0. The number of carboxylic acid groups (broad SMARTS) is 1. The van der Waals surface area contributed by atoms with E-state index in [-0.39, 0.29) is 35.3 Å². The maximum atomic E-state index is 9.99. The topological polar surface area (TPSA) is 65.9 Å². The van der Waals surface area contributed by atoms with E-state index in [0.717, 1.165) is 6.20 Å². The van der Waals surface area contributed by atoms with Crippen LogP contribution < -0.4 is 34.7 Å². The van der Waals surface area contributed by atoms with Crippen LogP contribution in [0.3, 0.4) is 0 Å². The molecule has 0 aliphatic rings. The van der Waals surface area contributed by atoms with E-state index in [0.29, 0.717) is 0 Å². The first-order valence-electron chi connectivity index (χ1n) is 2.28. The van der Waals surface area contributed by atoms with Crippen molar-refractivity contribution in [3.63, 3.8) is 0 Å². The number of carboxylic acids is 1. The van der Waals surface area contributed by atoms with Crippen LogP contribution in [-0.2, 0) is 0 Å². The van der Waals surface area contributed by atoms with E-state index in [4.69, 9.17) is 0 Å². The van der Waals surface area contributed by atoms with Gasteiger partial charge in [-0.3, -0.25) is 9.97 Å². The second-order valence-electron chi connectivity index (χ2n) is 1.38. The zero-order chi connectivity index (χ0) is 6.69. The van der Waals surface area contributed by atoms with Gasteiger partial charge in [-0.2, -0.15) is 0 Å². The summed E-state index contributed by atoms with van der Waals surface area (Å²) >= 11 is 0. The molecule has 0 bridgehead atoms. The van der Waals surface area contributed by atoms with Crippen LogP contribution in [0.25, 0.3) is 0 Å². The van der Waals surface area contributed by atoms with E-state index in [2.05, 4.69) is 9.97 Å². The van der Waals surface area contributed by atoms with Crippen molar-refractivity contribution in [3.05, 3.63) is 24.3 Å². The van der Waals surface area contributed by atoms with Crippen molar-refractivity contribution in [3.8, 4) is 0 Å². The molecular weight excluding hydrogens is 143 g/mol. The fourth-order valence-corrected chi connectivity index (χ4v) is 0.405. The van der Waals surface area contributed by atoms with Crippen molar-refractivity contribution >= 4 is 5.97 Å². The molecular formula is C5H3N2NaO2. The third-order valence-electron chi connectivity index (χ3n) is 0.772. The van der Waals surface area contributed by atoms with Crippen LogP contribution in [0.4, 0.5) is 0 Å². The third kappa shape index (κ3) is 2.43. The Bertz CT molecular complexity index is 214. The van der Waals surface area contributed by atoms with Gasteiger partial charge in [0.15, 0.2) is 0 Å². The predicted octanol–water partition coefficient (Wildman–Crippen LogP) is -4.16. The van der Waals surface area contributed by atoms with E-state index in [9.17, 15) is 9.90 Å². The average molecular weight is 146 g/mol. The van der Waals surface area contributed by atoms with Crippen LogP contribution in [0.15, 0.2) is 18.6 Å². The van der Waals surface area contributed by atoms with Gasteiger partial charge in [-0.15, -0.1) is 0 Å². The molecule has 0 N–H and O–H groups in total. The molecule has 46 valence electrons. The van der Waals surface area contributed by atoms with Gasteiger partial charge in [-0.05, 0) is 0 Å². The normalized spacial score (nSPS) is 8.00. The number of aromatic nitrogens is 2. The molecule has 0 unspecified atom stereocenters. The van der Waals surface area contributed by atoms with Gasteiger partial charge >= 0.3 is 29.6 Å². The molecule has 0 aliphatic heterocycles. The molecule has 0 aliphatic carbocycles. The molecule has 1 heterocycles. The first-order valence-corrected chi connectivity index (χ1v) is 2.28. The molecule has 0 atom stereocenters. The monoisotopic (exact) mass is 146 g/mol. The number of rotatable bonds is 1. The fourth-order valence-electron chi connectivity index (χ4n) is 0.405. The molecule has 0 aromatic carbocycles. The smallest absolute Gasteiger partial charge is 0.543 e. The van der Waals surface area contributed by atoms with E-state index in [1.807, 2.05) is 0 Å². The number of carbonyl (C=O) groups is 1. The molecule has 1 aromatic rings. The molecule has 0 fully saturated rings. The zero-order valence-electron chi connectivity index (χ0n) is 5.44. The molecule has 0 radical (unpaired) electrons. The second-order valence-corrected chi connectivity index (χ2v) is 1.38. The fraction of sp³-hybridized carbons (Fsp3) is 0. The van der Waals surface area contributed by atoms with Gasteiger partial charge in [0.05, 0.1) is 12.2 Å². The largest absolute Gasteiger partial charge is 1.00 e. The summed E-state index contributed by atoms with van der Waals surface area (Å²) in [5.74, 6) is -1.30. The molecule has 10 heavy (non-hydrogen) atoms. The van der Waals surface area contributed by atoms with Gasteiger partial charge in [0.1, 0.15) is 5.69 Å². The molecule has 4 nitrogen and oxygen atoms in total. The van der Waals surface area contributed by atoms with Crippen LogP contribution >= 0.6 is 0 Å². The van der Waals surface area contributed by atoms with Crippen LogP contribution in [0.2, 0.25) is 0 Å². The SMILES string of the molecule is O=C([O-])c1cnccn1.[Na+]. The Hall–Kier alpha value is -0.450.